The van der Waals surface area contributed by atoms with Crippen LogP contribution < -0.4 is 15.0 Å². The molecule has 6 heteroatoms. The van der Waals surface area contributed by atoms with Gasteiger partial charge in [-0.2, -0.15) is 0 Å². The predicted octanol–water partition coefficient (Wildman–Crippen LogP) is 3.48. The molecule has 0 saturated heterocycles. The molecule has 0 saturated carbocycles. The average Bonchev–Trinajstić information content (AvgIpc) is 3.06. The number of aromatic amines is 1. The molecule has 27 heavy (non-hydrogen) atoms. The van der Waals surface area contributed by atoms with Crippen LogP contribution in [0, 0.1) is 0 Å². The van der Waals surface area contributed by atoms with E-state index in [1.54, 1.807) is 30.0 Å². The molecule has 0 fully saturated rings. The molecule has 1 atom stereocenters. The number of H-pyrrole nitrogens is 1. The number of para-hydroxylation sites is 1. The minimum atomic E-state index is -0.500. The van der Waals surface area contributed by atoms with Crippen LogP contribution in [0.4, 0.5) is 11.4 Å². The molecular formula is C21H21N3O3. The largest absolute Gasteiger partial charge is 0.479 e. The van der Waals surface area contributed by atoms with Gasteiger partial charge >= 0.3 is 0 Å². The van der Waals surface area contributed by atoms with Crippen molar-refractivity contribution >= 4 is 34.1 Å². The fraction of sp³-hybridized carbons (Fsp3) is 0.238. The minimum Gasteiger partial charge on any atom is -0.479 e. The van der Waals surface area contributed by atoms with Gasteiger partial charge in [0.05, 0.1) is 12.1 Å². The smallest absolute Gasteiger partial charge is 0.267 e. The molecule has 1 unspecified atom stereocenters. The Hall–Kier alpha value is -3.28. The molecule has 0 bridgehead atoms. The number of nitrogens with one attached hydrogen (secondary N) is 2. The van der Waals surface area contributed by atoms with E-state index in [0.717, 1.165) is 16.5 Å². The van der Waals surface area contributed by atoms with E-state index in [1.165, 1.54) is 0 Å². The zero-order valence-corrected chi connectivity index (χ0v) is 15.3. The summed E-state index contributed by atoms with van der Waals surface area (Å²) in [7, 11) is 0. The Morgan fingerprint density at radius 2 is 2.07 bits per heavy atom. The third-order valence-corrected chi connectivity index (χ3v) is 4.79. The second kappa shape index (κ2) is 6.79. The Labute approximate surface area is 157 Å². The summed E-state index contributed by atoms with van der Waals surface area (Å²) in [5.41, 5.74) is 3.29. The van der Waals surface area contributed by atoms with E-state index in [1.807, 2.05) is 37.4 Å². The lowest BCUT2D eigenvalue weighted by Gasteiger charge is -2.32. The summed E-state index contributed by atoms with van der Waals surface area (Å²) in [6, 6.07) is 13.3. The van der Waals surface area contributed by atoms with Gasteiger partial charge in [0, 0.05) is 29.3 Å². The van der Waals surface area contributed by atoms with Gasteiger partial charge in [0.25, 0.3) is 5.91 Å². The number of amides is 2. The molecule has 1 aromatic heterocycles. The van der Waals surface area contributed by atoms with Crippen LogP contribution in [0.2, 0.25) is 0 Å². The van der Waals surface area contributed by atoms with E-state index in [2.05, 4.69) is 10.3 Å². The van der Waals surface area contributed by atoms with Crippen molar-refractivity contribution in [3.8, 4) is 5.75 Å². The maximum Gasteiger partial charge on any atom is 0.267 e. The molecule has 0 radical (unpaired) electrons. The molecule has 2 aromatic carbocycles. The molecule has 138 valence electrons. The zero-order chi connectivity index (χ0) is 19.0. The highest BCUT2D eigenvalue weighted by atomic mass is 16.5. The van der Waals surface area contributed by atoms with E-state index in [9.17, 15) is 9.59 Å². The van der Waals surface area contributed by atoms with Crippen LogP contribution in [0.3, 0.4) is 0 Å². The first-order valence-electron chi connectivity index (χ1n) is 9.03. The van der Waals surface area contributed by atoms with E-state index in [-0.39, 0.29) is 18.2 Å². The molecule has 2 heterocycles. The lowest BCUT2D eigenvalue weighted by molar-refractivity contribution is -0.125. The number of carbonyl (C=O) groups is 2. The van der Waals surface area contributed by atoms with Gasteiger partial charge in [-0.1, -0.05) is 18.2 Å². The quantitative estimate of drug-likeness (QED) is 0.745. The maximum absolute atomic E-state index is 12.5. The summed E-state index contributed by atoms with van der Waals surface area (Å²) >= 11 is 0. The fourth-order valence-electron chi connectivity index (χ4n) is 3.47. The van der Waals surface area contributed by atoms with Crippen molar-refractivity contribution < 1.29 is 14.3 Å². The highest BCUT2D eigenvalue weighted by Gasteiger charge is 2.30. The first-order valence-corrected chi connectivity index (χ1v) is 9.03. The Balaban J connectivity index is 1.54. The lowest BCUT2D eigenvalue weighted by atomic mass is 10.1. The van der Waals surface area contributed by atoms with Crippen LogP contribution >= 0.6 is 0 Å². The monoisotopic (exact) mass is 363 g/mol. The average molecular weight is 363 g/mol. The fourth-order valence-corrected chi connectivity index (χ4v) is 3.47. The summed E-state index contributed by atoms with van der Waals surface area (Å²) in [4.78, 5) is 29.7. The number of anilines is 2. The number of fused-ring (bicyclic) bond motifs is 2. The van der Waals surface area contributed by atoms with E-state index in [0.29, 0.717) is 23.7 Å². The Morgan fingerprint density at radius 1 is 1.26 bits per heavy atom. The number of nitrogens with zero attached hydrogens (tertiary/aromatic N) is 1. The number of likely N-dealkylation sites (N-methyl/N-ethyl adjacent to an activating group) is 1. The van der Waals surface area contributed by atoms with Crippen LogP contribution in [0.15, 0.2) is 48.7 Å². The van der Waals surface area contributed by atoms with E-state index >= 15 is 0 Å². The normalized spacial score (nSPS) is 16.1. The molecule has 0 aliphatic carbocycles. The van der Waals surface area contributed by atoms with Gasteiger partial charge in [0.1, 0.15) is 5.75 Å². The van der Waals surface area contributed by atoms with E-state index < -0.39 is 6.10 Å². The Kier molecular flexibility index (Phi) is 4.32. The molecule has 0 spiro atoms. The Morgan fingerprint density at radius 3 is 2.89 bits per heavy atom. The SMILES string of the molecule is CCN1C(=O)C(C)Oc2ccc(NC(=O)Cc3c[nH]c4ccccc34)cc21. The maximum atomic E-state index is 12.5. The first kappa shape index (κ1) is 17.1. The number of aromatic nitrogens is 1. The molecule has 6 nitrogen and oxygen atoms in total. The summed E-state index contributed by atoms with van der Waals surface area (Å²) in [6.07, 6.45) is 1.63. The number of hydrogen-bond acceptors (Lipinski definition) is 3. The van der Waals surface area contributed by atoms with Crippen molar-refractivity contribution in [3.63, 3.8) is 0 Å². The van der Waals surface area contributed by atoms with Gasteiger partial charge in [-0.05, 0) is 43.7 Å². The van der Waals surface area contributed by atoms with Gasteiger partial charge in [-0.15, -0.1) is 0 Å². The second-order valence-corrected chi connectivity index (χ2v) is 6.61. The summed E-state index contributed by atoms with van der Waals surface area (Å²) in [5, 5.41) is 3.96. The van der Waals surface area contributed by atoms with Crippen LogP contribution in [0.5, 0.6) is 5.75 Å². The van der Waals surface area contributed by atoms with Crippen molar-refractivity contribution in [2.75, 3.05) is 16.8 Å². The van der Waals surface area contributed by atoms with Crippen molar-refractivity contribution in [1.82, 2.24) is 4.98 Å². The summed E-state index contributed by atoms with van der Waals surface area (Å²) < 4.78 is 5.66. The molecule has 1 aliphatic rings. The van der Waals surface area contributed by atoms with Crippen molar-refractivity contribution in [1.29, 1.82) is 0 Å². The topological polar surface area (TPSA) is 74.4 Å². The number of hydrogen-bond donors (Lipinski definition) is 2. The minimum absolute atomic E-state index is 0.0766. The molecule has 2 N–H and O–H groups in total. The molecule has 4 rings (SSSR count). The van der Waals surface area contributed by atoms with Crippen LogP contribution in [0.25, 0.3) is 10.9 Å². The number of carbonyl (C=O) groups excluding carboxylic acids is 2. The number of rotatable bonds is 4. The van der Waals surface area contributed by atoms with Gasteiger partial charge in [-0.3, -0.25) is 9.59 Å². The third-order valence-electron chi connectivity index (χ3n) is 4.79. The predicted molar refractivity (Wildman–Crippen MR) is 105 cm³/mol. The van der Waals surface area contributed by atoms with Gasteiger partial charge < -0.3 is 19.9 Å². The number of benzene rings is 2. The van der Waals surface area contributed by atoms with Crippen LogP contribution in [-0.2, 0) is 16.0 Å². The van der Waals surface area contributed by atoms with Crippen molar-refractivity contribution in [3.05, 3.63) is 54.2 Å². The van der Waals surface area contributed by atoms with Crippen molar-refractivity contribution in [2.24, 2.45) is 0 Å². The van der Waals surface area contributed by atoms with E-state index in [4.69, 9.17) is 4.74 Å². The highest BCUT2D eigenvalue weighted by Crippen LogP contribution is 2.36. The summed E-state index contributed by atoms with van der Waals surface area (Å²) in [5.74, 6) is 0.463. The number of ether oxygens (including phenoxy) is 1. The third kappa shape index (κ3) is 3.14. The second-order valence-electron chi connectivity index (χ2n) is 6.61. The highest BCUT2D eigenvalue weighted by molar-refractivity contribution is 6.01. The van der Waals surface area contributed by atoms with Crippen molar-refractivity contribution in [2.45, 2.75) is 26.4 Å². The van der Waals surface area contributed by atoms with Crippen LogP contribution in [0.1, 0.15) is 19.4 Å². The molecule has 2 amide bonds. The molecular weight excluding hydrogens is 342 g/mol. The Bertz CT molecular complexity index is 1020. The standard InChI is InChI=1S/C21H21N3O3/c1-3-24-18-11-15(8-9-19(18)27-13(2)21(24)26)23-20(25)10-14-12-22-17-7-5-4-6-16(14)17/h4-9,11-13,22H,3,10H2,1-2H3,(H,23,25). The first-order chi connectivity index (χ1) is 13.1. The van der Waals surface area contributed by atoms with Gasteiger partial charge in [0.2, 0.25) is 5.91 Å². The van der Waals surface area contributed by atoms with Gasteiger partial charge in [0.15, 0.2) is 6.10 Å². The van der Waals surface area contributed by atoms with Crippen LogP contribution in [-0.4, -0.2) is 29.4 Å². The van der Waals surface area contributed by atoms with Gasteiger partial charge in [-0.25, -0.2) is 0 Å². The molecule has 1 aliphatic heterocycles. The lowest BCUT2D eigenvalue weighted by Crippen LogP contribution is -2.44. The summed E-state index contributed by atoms with van der Waals surface area (Å²) in [6.45, 7) is 4.21. The molecule has 3 aromatic rings. The zero-order valence-electron chi connectivity index (χ0n) is 15.3.